The summed E-state index contributed by atoms with van der Waals surface area (Å²) in [6.07, 6.45) is 2.33. The lowest BCUT2D eigenvalue weighted by molar-refractivity contribution is -0.150. The van der Waals surface area contributed by atoms with Gasteiger partial charge in [0.1, 0.15) is 0 Å². The Hall–Kier alpha value is -3.06. The first kappa shape index (κ1) is 29.2. The van der Waals surface area contributed by atoms with Crippen molar-refractivity contribution in [2.24, 2.45) is 5.92 Å². The van der Waals surface area contributed by atoms with E-state index < -0.39 is 5.41 Å². The molecule has 0 bridgehead atoms. The van der Waals surface area contributed by atoms with Crippen molar-refractivity contribution in [1.29, 1.82) is 0 Å². The van der Waals surface area contributed by atoms with Crippen molar-refractivity contribution in [2.75, 3.05) is 48.1 Å². The third kappa shape index (κ3) is 7.00. The van der Waals surface area contributed by atoms with Crippen LogP contribution in [0.25, 0.3) is 0 Å². The Kier molecular flexibility index (Phi) is 11.2. The first-order valence-corrected chi connectivity index (χ1v) is 12.5. The van der Waals surface area contributed by atoms with Crippen molar-refractivity contribution in [2.45, 2.75) is 45.4 Å². The van der Waals surface area contributed by atoms with E-state index in [0.29, 0.717) is 30.1 Å². The number of hydrogen-bond acceptors (Lipinski definition) is 7. The predicted octanol–water partition coefficient (Wildman–Crippen LogP) is 4.90. The van der Waals surface area contributed by atoms with E-state index in [1.807, 2.05) is 42.5 Å². The van der Waals surface area contributed by atoms with E-state index in [2.05, 4.69) is 25.8 Å². The van der Waals surface area contributed by atoms with Crippen molar-refractivity contribution in [1.82, 2.24) is 4.90 Å². The predicted molar refractivity (Wildman–Crippen MR) is 141 cm³/mol. The molecule has 1 unspecified atom stereocenters. The minimum atomic E-state index is -0.794. The van der Waals surface area contributed by atoms with Gasteiger partial charge in [-0.2, -0.15) is 0 Å². The van der Waals surface area contributed by atoms with Crippen LogP contribution in [0.4, 0.5) is 0 Å². The van der Waals surface area contributed by atoms with Gasteiger partial charge in [-0.15, -0.1) is 0 Å². The lowest BCUT2D eigenvalue weighted by Crippen LogP contribution is -2.42. The lowest BCUT2D eigenvalue weighted by Gasteiger charge is -2.36. The van der Waals surface area contributed by atoms with Crippen LogP contribution in [0, 0.1) is 5.92 Å². The molecule has 0 heterocycles. The molecule has 0 saturated heterocycles. The second-order valence-electron chi connectivity index (χ2n) is 9.26. The summed E-state index contributed by atoms with van der Waals surface area (Å²) >= 11 is 0. The smallest absolute Gasteiger partial charge is 0.338 e. The zero-order chi connectivity index (χ0) is 26.7. The van der Waals surface area contributed by atoms with Gasteiger partial charge in [-0.05, 0) is 81.1 Å². The second-order valence-corrected chi connectivity index (χ2v) is 9.26. The van der Waals surface area contributed by atoms with Crippen molar-refractivity contribution < 1.29 is 28.5 Å². The summed E-state index contributed by atoms with van der Waals surface area (Å²) in [6, 6.07) is 13.2. The van der Waals surface area contributed by atoms with Gasteiger partial charge in [0.15, 0.2) is 11.5 Å². The first-order chi connectivity index (χ1) is 17.2. The highest BCUT2D eigenvalue weighted by Gasteiger charge is 2.44. The van der Waals surface area contributed by atoms with E-state index >= 15 is 0 Å². The van der Waals surface area contributed by atoms with E-state index in [1.165, 1.54) is 7.11 Å². The van der Waals surface area contributed by atoms with E-state index in [1.54, 1.807) is 21.1 Å². The van der Waals surface area contributed by atoms with Gasteiger partial charge >= 0.3 is 11.9 Å². The number of carbonyl (C=O) groups is 2. The molecule has 7 nitrogen and oxygen atoms in total. The Morgan fingerprint density at radius 3 is 2.17 bits per heavy atom. The quantitative estimate of drug-likeness (QED) is 0.342. The van der Waals surface area contributed by atoms with Crippen molar-refractivity contribution >= 4 is 11.9 Å². The van der Waals surface area contributed by atoms with E-state index in [4.69, 9.17) is 18.9 Å². The molecule has 2 aromatic rings. The standard InChI is InChI=1S/C29H41NO6/c1-8-36-27(31)23-12-10-22(11-13-23)16-19-30(4)18-9-17-29(21(2)3,28(32)35-7)24-14-15-25(33-5)26(20-24)34-6/h10-15,20-21H,8-9,16-19H2,1-7H3. The number of esters is 2. The molecule has 0 N–H and O–H groups in total. The summed E-state index contributed by atoms with van der Waals surface area (Å²) in [7, 11) is 6.71. The summed E-state index contributed by atoms with van der Waals surface area (Å²) in [4.78, 5) is 27.3. The lowest BCUT2D eigenvalue weighted by atomic mass is 9.68. The fourth-order valence-corrected chi connectivity index (χ4v) is 4.60. The third-order valence-electron chi connectivity index (χ3n) is 6.79. The first-order valence-electron chi connectivity index (χ1n) is 12.5. The van der Waals surface area contributed by atoms with Gasteiger partial charge in [-0.3, -0.25) is 4.79 Å². The van der Waals surface area contributed by atoms with E-state index in [9.17, 15) is 9.59 Å². The molecule has 0 aliphatic heterocycles. The monoisotopic (exact) mass is 499 g/mol. The van der Waals surface area contributed by atoms with Crippen molar-refractivity contribution in [3.05, 3.63) is 59.2 Å². The molecule has 0 fully saturated rings. The number of benzene rings is 2. The normalized spacial score (nSPS) is 12.8. The maximum Gasteiger partial charge on any atom is 0.338 e. The molecular weight excluding hydrogens is 458 g/mol. The fraction of sp³-hybridized carbons (Fsp3) is 0.517. The Morgan fingerprint density at radius 1 is 0.944 bits per heavy atom. The minimum absolute atomic E-state index is 0.0197. The van der Waals surface area contributed by atoms with Gasteiger partial charge in [0.05, 0.1) is 38.9 Å². The Bertz CT molecular complexity index is 988. The zero-order valence-corrected chi connectivity index (χ0v) is 22.8. The molecular formula is C29H41NO6. The Morgan fingerprint density at radius 2 is 1.61 bits per heavy atom. The second kappa shape index (κ2) is 13.9. The van der Waals surface area contributed by atoms with Crippen LogP contribution >= 0.6 is 0 Å². The molecule has 0 saturated carbocycles. The van der Waals surface area contributed by atoms with Crippen LogP contribution in [-0.2, 0) is 26.1 Å². The molecule has 0 aliphatic rings. The summed E-state index contributed by atoms with van der Waals surface area (Å²) < 4.78 is 21.2. The zero-order valence-electron chi connectivity index (χ0n) is 22.8. The van der Waals surface area contributed by atoms with Gasteiger partial charge in [0, 0.05) is 6.54 Å². The summed E-state index contributed by atoms with van der Waals surface area (Å²) in [5.41, 5.74) is 1.80. The number of methoxy groups -OCH3 is 3. The molecule has 0 aliphatic carbocycles. The average molecular weight is 500 g/mol. The SMILES string of the molecule is CCOC(=O)c1ccc(CCN(C)CCCC(C(=O)OC)(c2ccc(OC)c(OC)c2)C(C)C)cc1. The summed E-state index contributed by atoms with van der Waals surface area (Å²) in [6.45, 7) is 7.97. The molecule has 0 radical (unpaired) electrons. The van der Waals surface area contributed by atoms with Gasteiger partial charge in [0.25, 0.3) is 0 Å². The highest BCUT2D eigenvalue weighted by Crippen LogP contribution is 2.41. The number of nitrogens with zero attached hydrogens (tertiary/aromatic N) is 1. The number of likely N-dealkylation sites (N-methyl/N-ethyl adjacent to an activating group) is 1. The van der Waals surface area contributed by atoms with Gasteiger partial charge < -0.3 is 23.8 Å². The average Bonchev–Trinajstić information content (AvgIpc) is 2.89. The van der Waals surface area contributed by atoms with Gasteiger partial charge in [-0.1, -0.05) is 32.0 Å². The molecule has 1 atom stereocenters. The molecule has 36 heavy (non-hydrogen) atoms. The van der Waals surface area contributed by atoms with Crippen molar-refractivity contribution in [3.8, 4) is 11.5 Å². The number of hydrogen-bond donors (Lipinski definition) is 0. The number of ether oxygens (including phenoxy) is 4. The van der Waals surface area contributed by atoms with Gasteiger partial charge in [0.2, 0.25) is 0 Å². The minimum Gasteiger partial charge on any atom is -0.493 e. The maximum atomic E-state index is 13.2. The Labute approximate surface area is 215 Å². The van der Waals surface area contributed by atoms with Crippen LogP contribution in [0.15, 0.2) is 42.5 Å². The molecule has 0 spiro atoms. The third-order valence-corrected chi connectivity index (χ3v) is 6.79. The van der Waals surface area contributed by atoms with Crippen LogP contribution in [0.3, 0.4) is 0 Å². The highest BCUT2D eigenvalue weighted by atomic mass is 16.5. The highest BCUT2D eigenvalue weighted by molar-refractivity contribution is 5.89. The summed E-state index contributed by atoms with van der Waals surface area (Å²) in [5.74, 6) is 0.698. The topological polar surface area (TPSA) is 74.3 Å². The van der Waals surface area contributed by atoms with Crippen LogP contribution in [0.5, 0.6) is 11.5 Å². The number of rotatable bonds is 14. The van der Waals surface area contributed by atoms with Crippen LogP contribution < -0.4 is 9.47 Å². The molecule has 2 rings (SSSR count). The maximum absolute atomic E-state index is 13.2. The Balaban J connectivity index is 2.06. The molecule has 7 heteroatoms. The largest absolute Gasteiger partial charge is 0.493 e. The van der Waals surface area contributed by atoms with Crippen molar-refractivity contribution in [3.63, 3.8) is 0 Å². The number of carbonyl (C=O) groups excluding carboxylic acids is 2. The van der Waals surface area contributed by atoms with Gasteiger partial charge in [-0.25, -0.2) is 4.79 Å². The van der Waals surface area contributed by atoms with Crippen LogP contribution in [-0.4, -0.2) is 64.9 Å². The van der Waals surface area contributed by atoms with E-state index in [0.717, 1.165) is 37.1 Å². The summed E-state index contributed by atoms with van der Waals surface area (Å²) in [5, 5.41) is 0. The van der Waals surface area contributed by atoms with Crippen LogP contribution in [0.2, 0.25) is 0 Å². The molecule has 0 aromatic heterocycles. The fourth-order valence-electron chi connectivity index (χ4n) is 4.60. The molecule has 2 aromatic carbocycles. The van der Waals surface area contributed by atoms with Crippen LogP contribution in [0.1, 0.15) is 55.1 Å². The molecule has 198 valence electrons. The molecule has 0 amide bonds. The van der Waals surface area contributed by atoms with E-state index in [-0.39, 0.29) is 17.9 Å².